The molecular formula is C15H18O4. The summed E-state index contributed by atoms with van der Waals surface area (Å²) in [7, 11) is 0. The van der Waals surface area contributed by atoms with Gasteiger partial charge in [-0.1, -0.05) is 19.1 Å². The van der Waals surface area contributed by atoms with Crippen LogP contribution in [-0.4, -0.2) is 29.1 Å². The number of allylic oxidation sites excluding steroid dienone is 1. The van der Waals surface area contributed by atoms with E-state index >= 15 is 0 Å². The lowest BCUT2D eigenvalue weighted by molar-refractivity contribution is -0.148. The molecule has 0 bridgehead atoms. The van der Waals surface area contributed by atoms with Crippen molar-refractivity contribution in [2.24, 2.45) is 17.3 Å². The van der Waals surface area contributed by atoms with Gasteiger partial charge in [0, 0.05) is 16.9 Å². The SMILES string of the molecule is C=C1C(=O)OC2CC3(C)C(O)C(=O)C=C(C)C3CC12. The molecule has 1 saturated carbocycles. The summed E-state index contributed by atoms with van der Waals surface area (Å²) in [5.74, 6) is -0.445. The number of carbonyl (C=O) groups is 2. The number of ketones is 1. The minimum absolute atomic E-state index is 0.0225. The minimum Gasteiger partial charge on any atom is -0.458 e. The molecule has 0 aromatic rings. The van der Waals surface area contributed by atoms with Crippen LogP contribution in [0.1, 0.15) is 26.7 Å². The molecule has 2 aliphatic carbocycles. The summed E-state index contributed by atoms with van der Waals surface area (Å²) in [6.07, 6.45) is 1.53. The third-order valence-corrected chi connectivity index (χ3v) is 5.16. The Morgan fingerprint density at radius 3 is 2.84 bits per heavy atom. The summed E-state index contributed by atoms with van der Waals surface area (Å²) in [6.45, 7) is 7.66. The Balaban J connectivity index is 2.01. The average Bonchev–Trinajstić information content (AvgIpc) is 2.60. The highest BCUT2D eigenvalue weighted by atomic mass is 16.6. The molecule has 3 rings (SSSR count). The first-order valence-electron chi connectivity index (χ1n) is 6.64. The lowest BCUT2D eigenvalue weighted by atomic mass is 9.55. The van der Waals surface area contributed by atoms with Gasteiger partial charge in [0.05, 0.1) is 0 Å². The number of aliphatic hydroxyl groups is 1. The van der Waals surface area contributed by atoms with Crippen molar-refractivity contribution in [2.75, 3.05) is 0 Å². The number of carbonyl (C=O) groups excluding carboxylic acids is 2. The van der Waals surface area contributed by atoms with Crippen molar-refractivity contribution >= 4 is 11.8 Å². The Morgan fingerprint density at radius 2 is 2.16 bits per heavy atom. The Morgan fingerprint density at radius 1 is 1.47 bits per heavy atom. The van der Waals surface area contributed by atoms with Gasteiger partial charge in [0.15, 0.2) is 5.78 Å². The van der Waals surface area contributed by atoms with Gasteiger partial charge in [-0.05, 0) is 31.8 Å². The third-order valence-electron chi connectivity index (χ3n) is 5.16. The lowest BCUT2D eigenvalue weighted by Crippen LogP contribution is -2.53. The van der Waals surface area contributed by atoms with E-state index in [1.807, 2.05) is 13.8 Å². The summed E-state index contributed by atoms with van der Waals surface area (Å²) >= 11 is 0. The predicted octanol–water partition coefficient (Wildman–Crippen LogP) is 1.39. The zero-order chi connectivity index (χ0) is 13.9. The maximum Gasteiger partial charge on any atom is 0.334 e. The Bertz CT molecular complexity index is 518. The van der Waals surface area contributed by atoms with Gasteiger partial charge < -0.3 is 9.84 Å². The van der Waals surface area contributed by atoms with Gasteiger partial charge in [0.25, 0.3) is 0 Å². The number of hydrogen-bond donors (Lipinski definition) is 1. The highest BCUT2D eigenvalue weighted by molar-refractivity contribution is 5.96. The molecule has 102 valence electrons. The monoisotopic (exact) mass is 262 g/mol. The molecular weight excluding hydrogens is 244 g/mol. The van der Waals surface area contributed by atoms with Crippen LogP contribution in [0.25, 0.3) is 0 Å². The van der Waals surface area contributed by atoms with Gasteiger partial charge in [-0.25, -0.2) is 4.79 Å². The molecule has 5 unspecified atom stereocenters. The maximum atomic E-state index is 11.8. The van der Waals surface area contributed by atoms with Crippen LogP contribution in [0.3, 0.4) is 0 Å². The molecule has 2 fully saturated rings. The topological polar surface area (TPSA) is 63.6 Å². The Hall–Kier alpha value is -1.42. The highest BCUT2D eigenvalue weighted by Crippen LogP contribution is 2.54. The van der Waals surface area contributed by atoms with Crippen molar-refractivity contribution in [2.45, 2.75) is 38.9 Å². The van der Waals surface area contributed by atoms with Crippen molar-refractivity contribution in [3.05, 3.63) is 23.8 Å². The van der Waals surface area contributed by atoms with E-state index in [0.29, 0.717) is 12.0 Å². The molecule has 0 amide bonds. The summed E-state index contributed by atoms with van der Waals surface area (Å²) in [5.41, 5.74) is 0.983. The number of fused-ring (bicyclic) bond motifs is 2. The van der Waals surface area contributed by atoms with Crippen LogP contribution >= 0.6 is 0 Å². The number of ether oxygens (including phenoxy) is 1. The molecule has 1 aliphatic heterocycles. The second-order valence-electron chi connectivity index (χ2n) is 6.27. The molecule has 1 saturated heterocycles. The molecule has 4 nitrogen and oxygen atoms in total. The standard InChI is InChI=1S/C15H18O4/c1-7-4-11(16)13(17)15(3)6-12-9(5-10(7)15)8(2)14(18)19-12/h4,9-10,12-13,17H,2,5-6H2,1,3H3. The molecule has 0 radical (unpaired) electrons. The van der Waals surface area contributed by atoms with E-state index in [1.54, 1.807) is 0 Å². The van der Waals surface area contributed by atoms with Crippen LogP contribution in [0.5, 0.6) is 0 Å². The fourth-order valence-corrected chi connectivity index (χ4v) is 3.99. The fraction of sp³-hybridized carbons (Fsp3) is 0.600. The van der Waals surface area contributed by atoms with Crippen LogP contribution in [0.15, 0.2) is 23.8 Å². The van der Waals surface area contributed by atoms with Gasteiger partial charge >= 0.3 is 5.97 Å². The molecule has 0 aromatic carbocycles. The Labute approximate surface area is 112 Å². The van der Waals surface area contributed by atoms with Gasteiger partial charge in [0.1, 0.15) is 12.2 Å². The molecule has 5 atom stereocenters. The average molecular weight is 262 g/mol. The largest absolute Gasteiger partial charge is 0.458 e. The van der Waals surface area contributed by atoms with E-state index in [-0.39, 0.29) is 29.7 Å². The lowest BCUT2D eigenvalue weighted by Gasteiger charge is -2.49. The van der Waals surface area contributed by atoms with Crippen LogP contribution in [0.4, 0.5) is 0 Å². The fourth-order valence-electron chi connectivity index (χ4n) is 3.99. The zero-order valence-corrected chi connectivity index (χ0v) is 11.2. The van der Waals surface area contributed by atoms with Crippen LogP contribution < -0.4 is 0 Å². The summed E-state index contributed by atoms with van der Waals surface area (Å²) in [5, 5.41) is 10.2. The second-order valence-corrected chi connectivity index (χ2v) is 6.27. The molecule has 0 aromatic heterocycles. The molecule has 4 heteroatoms. The van der Waals surface area contributed by atoms with Gasteiger partial charge in [-0.2, -0.15) is 0 Å². The maximum absolute atomic E-state index is 11.8. The van der Waals surface area contributed by atoms with Crippen LogP contribution in [0.2, 0.25) is 0 Å². The molecule has 0 spiro atoms. The van der Waals surface area contributed by atoms with Crippen molar-refractivity contribution in [3.8, 4) is 0 Å². The normalized spacial score (nSPS) is 45.4. The third kappa shape index (κ3) is 1.56. The van der Waals surface area contributed by atoms with Crippen LogP contribution in [0, 0.1) is 17.3 Å². The van der Waals surface area contributed by atoms with E-state index < -0.39 is 11.5 Å². The first kappa shape index (κ1) is 12.6. The van der Waals surface area contributed by atoms with Gasteiger partial charge in [-0.3, -0.25) is 4.79 Å². The number of rotatable bonds is 0. The van der Waals surface area contributed by atoms with Crippen molar-refractivity contribution in [3.63, 3.8) is 0 Å². The second kappa shape index (κ2) is 3.79. The van der Waals surface area contributed by atoms with Crippen molar-refractivity contribution < 1.29 is 19.4 Å². The number of hydrogen-bond acceptors (Lipinski definition) is 4. The number of aliphatic hydroxyl groups excluding tert-OH is 1. The summed E-state index contributed by atoms with van der Waals surface area (Å²) in [6, 6.07) is 0. The van der Waals surface area contributed by atoms with E-state index in [0.717, 1.165) is 12.0 Å². The zero-order valence-electron chi connectivity index (χ0n) is 11.2. The van der Waals surface area contributed by atoms with Crippen molar-refractivity contribution in [1.29, 1.82) is 0 Å². The molecule has 19 heavy (non-hydrogen) atoms. The molecule has 1 N–H and O–H groups in total. The summed E-state index contributed by atoms with van der Waals surface area (Å²) in [4.78, 5) is 23.4. The van der Waals surface area contributed by atoms with Gasteiger partial charge in [-0.15, -0.1) is 0 Å². The highest BCUT2D eigenvalue weighted by Gasteiger charge is 2.56. The van der Waals surface area contributed by atoms with Crippen molar-refractivity contribution in [1.82, 2.24) is 0 Å². The smallest absolute Gasteiger partial charge is 0.334 e. The minimum atomic E-state index is -1.00. The summed E-state index contributed by atoms with van der Waals surface area (Å²) < 4.78 is 5.33. The quantitative estimate of drug-likeness (QED) is 0.529. The van der Waals surface area contributed by atoms with E-state index in [2.05, 4.69) is 6.58 Å². The van der Waals surface area contributed by atoms with E-state index in [4.69, 9.17) is 4.74 Å². The molecule has 1 heterocycles. The van der Waals surface area contributed by atoms with Crippen LogP contribution in [-0.2, 0) is 14.3 Å². The van der Waals surface area contributed by atoms with E-state index in [1.165, 1.54) is 6.08 Å². The predicted molar refractivity (Wildman–Crippen MR) is 68.1 cm³/mol. The first-order chi connectivity index (χ1) is 8.84. The first-order valence-corrected chi connectivity index (χ1v) is 6.64. The Kier molecular flexibility index (Phi) is 2.52. The number of esters is 1. The van der Waals surface area contributed by atoms with Gasteiger partial charge in [0.2, 0.25) is 0 Å². The molecule has 3 aliphatic rings. The van der Waals surface area contributed by atoms with E-state index in [9.17, 15) is 14.7 Å².